The van der Waals surface area contributed by atoms with Gasteiger partial charge in [-0.2, -0.15) is 0 Å². The lowest BCUT2D eigenvalue weighted by Gasteiger charge is -2.61. The molecule has 29 heavy (non-hydrogen) atoms. The molecule has 4 fully saturated rings. The number of aliphatic hydroxyl groups is 2. The van der Waals surface area contributed by atoms with Crippen LogP contribution in [0.1, 0.15) is 78.6 Å². The third-order valence-electron chi connectivity index (χ3n) is 10.1. The molecule has 4 aliphatic rings. The number of carbonyl (C=O) groups excluding carboxylic acids is 1. The Morgan fingerprint density at radius 1 is 1.14 bits per heavy atom. The van der Waals surface area contributed by atoms with Gasteiger partial charge in [-0.15, -0.1) is 0 Å². The molecular weight excluding hydrogens is 368 g/mol. The van der Waals surface area contributed by atoms with Crippen LogP contribution in [0.4, 0.5) is 0 Å². The molecule has 0 aliphatic heterocycles. The first-order valence-corrected chi connectivity index (χ1v) is 11.7. The summed E-state index contributed by atoms with van der Waals surface area (Å²) < 4.78 is 0. The van der Waals surface area contributed by atoms with E-state index in [0.29, 0.717) is 25.0 Å². The second kappa shape index (κ2) is 7.33. The highest BCUT2D eigenvalue weighted by Crippen LogP contribution is 2.67. The minimum Gasteiger partial charge on any atom is -0.481 e. The van der Waals surface area contributed by atoms with E-state index in [9.17, 15) is 19.8 Å². The molecule has 0 saturated heterocycles. The SMILES string of the molecule is C[C@H](CCC(=O)O)[C@H]1CC[C@@H]2[C@H]3C(=O)C[C@@H]4C[C@H](O)CC[C@]4(C)[C@@H]3C[C@H](O)[C@@]21C. The Morgan fingerprint density at radius 3 is 2.55 bits per heavy atom. The Balaban J connectivity index is 1.62. The molecule has 0 bridgehead atoms. The van der Waals surface area contributed by atoms with Gasteiger partial charge in [0.15, 0.2) is 0 Å². The fourth-order valence-corrected chi connectivity index (χ4v) is 8.40. The molecule has 5 heteroatoms. The fraction of sp³-hybridized carbons (Fsp3) is 0.917. The van der Waals surface area contributed by atoms with E-state index in [2.05, 4.69) is 20.8 Å². The Kier molecular flexibility index (Phi) is 5.39. The summed E-state index contributed by atoms with van der Waals surface area (Å²) in [6, 6.07) is 0. The lowest BCUT2D eigenvalue weighted by molar-refractivity contribution is -0.182. The summed E-state index contributed by atoms with van der Waals surface area (Å²) in [5, 5.41) is 30.7. The summed E-state index contributed by atoms with van der Waals surface area (Å²) >= 11 is 0. The molecule has 0 spiro atoms. The molecule has 0 aromatic heterocycles. The van der Waals surface area contributed by atoms with Gasteiger partial charge in [-0.3, -0.25) is 9.59 Å². The van der Waals surface area contributed by atoms with Crippen molar-refractivity contribution in [2.24, 2.45) is 46.3 Å². The third kappa shape index (κ3) is 3.18. The van der Waals surface area contributed by atoms with Crippen LogP contribution < -0.4 is 0 Å². The zero-order valence-corrected chi connectivity index (χ0v) is 18.1. The number of aliphatic carboxylic acids is 1. The van der Waals surface area contributed by atoms with Crippen LogP contribution in [0.15, 0.2) is 0 Å². The summed E-state index contributed by atoms with van der Waals surface area (Å²) in [5.41, 5.74) is -0.265. The van der Waals surface area contributed by atoms with Crippen LogP contribution in [-0.4, -0.2) is 39.3 Å². The third-order valence-corrected chi connectivity index (χ3v) is 10.1. The molecule has 5 nitrogen and oxygen atoms in total. The van der Waals surface area contributed by atoms with Gasteiger partial charge in [-0.25, -0.2) is 0 Å². The summed E-state index contributed by atoms with van der Waals surface area (Å²) in [6.07, 6.45) is 5.74. The van der Waals surface area contributed by atoms with Crippen LogP contribution in [0, 0.1) is 46.3 Å². The normalized spacial score (nSPS) is 50.4. The molecular formula is C24H38O5. The largest absolute Gasteiger partial charge is 0.481 e. The summed E-state index contributed by atoms with van der Waals surface area (Å²) in [6.45, 7) is 6.62. The van der Waals surface area contributed by atoms with E-state index < -0.39 is 12.1 Å². The zero-order valence-electron chi connectivity index (χ0n) is 18.1. The molecule has 164 valence electrons. The van der Waals surface area contributed by atoms with Gasteiger partial charge >= 0.3 is 5.97 Å². The van der Waals surface area contributed by atoms with E-state index in [0.717, 1.165) is 32.1 Å². The number of ketones is 1. The van der Waals surface area contributed by atoms with Gasteiger partial charge in [-0.05, 0) is 80.0 Å². The molecule has 10 atom stereocenters. The molecule has 0 aromatic carbocycles. The summed E-state index contributed by atoms with van der Waals surface area (Å²) in [5.74, 6) is 0.775. The number of rotatable bonds is 4. The van der Waals surface area contributed by atoms with Gasteiger partial charge in [0.2, 0.25) is 0 Å². The lowest BCUT2D eigenvalue weighted by Crippen LogP contribution is -2.61. The van der Waals surface area contributed by atoms with Gasteiger partial charge in [-0.1, -0.05) is 20.8 Å². The second-order valence-electron chi connectivity index (χ2n) is 11.3. The molecule has 0 aromatic rings. The molecule has 0 radical (unpaired) electrons. The zero-order chi connectivity index (χ0) is 21.1. The average Bonchev–Trinajstić information content (AvgIpc) is 3.01. The van der Waals surface area contributed by atoms with Gasteiger partial charge in [0.25, 0.3) is 0 Å². The number of carboxylic acids is 1. The van der Waals surface area contributed by atoms with Crippen LogP contribution in [0.3, 0.4) is 0 Å². The Hall–Kier alpha value is -0.940. The van der Waals surface area contributed by atoms with Crippen molar-refractivity contribution in [3.63, 3.8) is 0 Å². The van der Waals surface area contributed by atoms with Gasteiger partial charge in [0.1, 0.15) is 5.78 Å². The van der Waals surface area contributed by atoms with Crippen molar-refractivity contribution < 1.29 is 24.9 Å². The Labute approximate surface area is 174 Å². The van der Waals surface area contributed by atoms with Crippen molar-refractivity contribution in [3.8, 4) is 0 Å². The number of carboxylic acid groups (broad SMARTS) is 1. The topological polar surface area (TPSA) is 94.8 Å². The maximum absolute atomic E-state index is 13.4. The van der Waals surface area contributed by atoms with E-state index in [1.165, 1.54) is 0 Å². The van der Waals surface area contributed by atoms with Crippen LogP contribution in [-0.2, 0) is 9.59 Å². The quantitative estimate of drug-likeness (QED) is 0.662. The van der Waals surface area contributed by atoms with Crippen molar-refractivity contribution >= 4 is 11.8 Å². The molecule has 0 unspecified atom stereocenters. The van der Waals surface area contributed by atoms with Crippen molar-refractivity contribution in [2.45, 2.75) is 90.8 Å². The molecule has 0 amide bonds. The predicted octanol–water partition coefficient (Wildman–Crippen LogP) is 3.66. The predicted molar refractivity (Wildman–Crippen MR) is 109 cm³/mol. The highest BCUT2D eigenvalue weighted by molar-refractivity contribution is 5.83. The van der Waals surface area contributed by atoms with Crippen molar-refractivity contribution in [1.29, 1.82) is 0 Å². The van der Waals surface area contributed by atoms with E-state index in [-0.39, 0.29) is 58.9 Å². The Morgan fingerprint density at radius 2 is 1.86 bits per heavy atom. The minimum absolute atomic E-state index is 0.0246. The van der Waals surface area contributed by atoms with Crippen molar-refractivity contribution in [3.05, 3.63) is 0 Å². The van der Waals surface area contributed by atoms with Gasteiger partial charge in [0, 0.05) is 24.2 Å². The maximum Gasteiger partial charge on any atom is 0.303 e. The Bertz CT molecular complexity index is 676. The van der Waals surface area contributed by atoms with Gasteiger partial charge < -0.3 is 15.3 Å². The number of fused-ring (bicyclic) bond motifs is 5. The maximum atomic E-state index is 13.4. The molecule has 4 saturated carbocycles. The van der Waals surface area contributed by atoms with Crippen LogP contribution >= 0.6 is 0 Å². The van der Waals surface area contributed by atoms with Gasteiger partial charge in [0.05, 0.1) is 12.2 Å². The highest BCUT2D eigenvalue weighted by atomic mass is 16.4. The summed E-state index contributed by atoms with van der Waals surface area (Å²) in [4.78, 5) is 24.4. The highest BCUT2D eigenvalue weighted by Gasteiger charge is 2.65. The number of aliphatic hydroxyl groups excluding tert-OH is 2. The van der Waals surface area contributed by atoms with E-state index in [1.54, 1.807) is 0 Å². The van der Waals surface area contributed by atoms with Crippen LogP contribution in [0.2, 0.25) is 0 Å². The van der Waals surface area contributed by atoms with E-state index in [4.69, 9.17) is 5.11 Å². The molecule has 0 heterocycles. The monoisotopic (exact) mass is 406 g/mol. The smallest absolute Gasteiger partial charge is 0.303 e. The minimum atomic E-state index is -0.762. The van der Waals surface area contributed by atoms with Crippen molar-refractivity contribution in [1.82, 2.24) is 0 Å². The molecule has 4 aliphatic carbocycles. The van der Waals surface area contributed by atoms with Crippen LogP contribution in [0.25, 0.3) is 0 Å². The van der Waals surface area contributed by atoms with Crippen LogP contribution in [0.5, 0.6) is 0 Å². The molecule has 3 N–H and O–H groups in total. The van der Waals surface area contributed by atoms with E-state index >= 15 is 0 Å². The lowest BCUT2D eigenvalue weighted by atomic mass is 9.43. The average molecular weight is 407 g/mol. The van der Waals surface area contributed by atoms with E-state index in [1.807, 2.05) is 0 Å². The number of hydrogen-bond acceptors (Lipinski definition) is 4. The first kappa shape index (κ1) is 21.3. The number of Topliss-reactive ketones (excluding diaryl/α,β-unsaturated/α-hetero) is 1. The number of carbonyl (C=O) groups is 2. The summed E-state index contributed by atoms with van der Waals surface area (Å²) in [7, 11) is 0. The number of hydrogen-bond donors (Lipinski definition) is 3. The second-order valence-corrected chi connectivity index (χ2v) is 11.3. The first-order valence-electron chi connectivity index (χ1n) is 11.7. The fourth-order valence-electron chi connectivity index (χ4n) is 8.40. The van der Waals surface area contributed by atoms with Crippen molar-refractivity contribution in [2.75, 3.05) is 0 Å². The standard InChI is InChI=1S/C24H38O5/c1-13(4-7-21(28)29)16-5-6-17-22-18(12-20(27)24(16,17)3)23(2)9-8-15(25)10-14(23)11-19(22)26/h13-18,20,22,25,27H,4-12H2,1-3H3,(H,28,29)/t13-,14+,15-,16-,17-,18-,20+,22-,23+,24-/m1/s1. The molecule has 4 rings (SSSR count). The first-order chi connectivity index (χ1) is 13.6.